The Hall–Kier alpha value is -2.92. The highest BCUT2D eigenvalue weighted by molar-refractivity contribution is 6.01. The average molecular weight is 344 g/mol. The van der Waals surface area contributed by atoms with Crippen LogP contribution in [0.1, 0.15) is 18.4 Å². The first-order valence-electron chi connectivity index (χ1n) is 7.89. The highest BCUT2D eigenvalue weighted by Crippen LogP contribution is 2.28. The molecule has 1 fully saturated rings. The van der Waals surface area contributed by atoms with Crippen molar-refractivity contribution in [1.82, 2.24) is 5.32 Å². The molecule has 1 aromatic carbocycles. The Morgan fingerprint density at radius 3 is 2.88 bits per heavy atom. The van der Waals surface area contributed by atoms with E-state index in [4.69, 9.17) is 4.74 Å². The van der Waals surface area contributed by atoms with Gasteiger partial charge in [0.15, 0.2) is 0 Å². The standard InChI is InChI=1S/C17H20N4O4/c1-20(2)15-6-5-12(9-16(15)21(23)24)8-13(10-18)17(22)19-11-14-4-3-7-25-14/h5-6,8-9,14H,3-4,7,11H2,1-2H3,(H,19,22)/b13-8+/t14-/m0/s1. The van der Waals surface area contributed by atoms with Crippen molar-refractivity contribution < 1.29 is 14.5 Å². The van der Waals surface area contributed by atoms with Crippen LogP contribution in [0.15, 0.2) is 23.8 Å². The Morgan fingerprint density at radius 1 is 1.56 bits per heavy atom. The van der Waals surface area contributed by atoms with Crippen LogP contribution in [0.25, 0.3) is 6.08 Å². The summed E-state index contributed by atoms with van der Waals surface area (Å²) in [5, 5.41) is 23.1. The van der Waals surface area contributed by atoms with Crippen molar-refractivity contribution in [3.63, 3.8) is 0 Å². The van der Waals surface area contributed by atoms with Crippen LogP contribution in [-0.4, -0.2) is 44.2 Å². The third-order valence-electron chi connectivity index (χ3n) is 3.87. The number of rotatable bonds is 6. The molecule has 1 heterocycles. The molecule has 0 spiro atoms. The first-order chi connectivity index (χ1) is 11.9. The summed E-state index contributed by atoms with van der Waals surface area (Å²) >= 11 is 0. The van der Waals surface area contributed by atoms with Crippen LogP contribution < -0.4 is 10.2 Å². The van der Waals surface area contributed by atoms with Crippen molar-refractivity contribution in [2.75, 3.05) is 32.1 Å². The van der Waals surface area contributed by atoms with E-state index in [1.165, 1.54) is 12.1 Å². The fraction of sp³-hybridized carbons (Fsp3) is 0.412. The summed E-state index contributed by atoms with van der Waals surface area (Å²) in [5.74, 6) is -0.516. The molecule has 1 aromatic rings. The number of carbonyl (C=O) groups is 1. The molecule has 0 aromatic heterocycles. The van der Waals surface area contributed by atoms with E-state index in [1.54, 1.807) is 31.1 Å². The molecule has 1 aliphatic rings. The van der Waals surface area contributed by atoms with Gasteiger partial charge in [0.1, 0.15) is 17.3 Å². The minimum atomic E-state index is -0.516. The highest BCUT2D eigenvalue weighted by Gasteiger charge is 2.19. The topological polar surface area (TPSA) is 108 Å². The van der Waals surface area contributed by atoms with E-state index in [2.05, 4.69) is 5.32 Å². The highest BCUT2D eigenvalue weighted by atomic mass is 16.6. The largest absolute Gasteiger partial charge is 0.376 e. The predicted molar refractivity (Wildman–Crippen MR) is 93.0 cm³/mol. The van der Waals surface area contributed by atoms with Crippen LogP contribution in [0.4, 0.5) is 11.4 Å². The first kappa shape index (κ1) is 18.4. The zero-order valence-corrected chi connectivity index (χ0v) is 14.2. The van der Waals surface area contributed by atoms with Crippen LogP contribution in [0.3, 0.4) is 0 Å². The van der Waals surface area contributed by atoms with Gasteiger partial charge in [0, 0.05) is 33.3 Å². The molecular formula is C17H20N4O4. The Bertz CT molecular complexity index is 731. The van der Waals surface area contributed by atoms with E-state index in [0.717, 1.165) is 12.8 Å². The van der Waals surface area contributed by atoms with Gasteiger partial charge < -0.3 is 15.0 Å². The lowest BCUT2D eigenvalue weighted by Gasteiger charge is -2.13. The van der Waals surface area contributed by atoms with Crippen LogP contribution >= 0.6 is 0 Å². The van der Waals surface area contributed by atoms with Gasteiger partial charge in [0.25, 0.3) is 11.6 Å². The second kappa shape index (κ2) is 8.26. The number of ether oxygens (including phenoxy) is 1. The summed E-state index contributed by atoms with van der Waals surface area (Å²) in [6.45, 7) is 1.03. The number of carbonyl (C=O) groups excluding carboxylic acids is 1. The zero-order chi connectivity index (χ0) is 18.4. The summed E-state index contributed by atoms with van der Waals surface area (Å²) in [5.41, 5.74) is 0.672. The Balaban J connectivity index is 2.17. The van der Waals surface area contributed by atoms with Gasteiger partial charge >= 0.3 is 0 Å². The molecule has 0 radical (unpaired) electrons. The number of anilines is 1. The molecule has 1 aliphatic heterocycles. The fourth-order valence-electron chi connectivity index (χ4n) is 2.58. The molecule has 0 bridgehead atoms. The Kier molecular flexibility index (Phi) is 6.08. The summed E-state index contributed by atoms with van der Waals surface area (Å²) in [6, 6.07) is 6.41. The molecule has 132 valence electrons. The molecule has 0 saturated carbocycles. The molecule has 1 amide bonds. The van der Waals surface area contributed by atoms with Crippen LogP contribution in [0.2, 0.25) is 0 Å². The van der Waals surface area contributed by atoms with E-state index in [1.807, 2.05) is 6.07 Å². The number of hydrogen-bond acceptors (Lipinski definition) is 6. The van der Waals surface area contributed by atoms with Crippen LogP contribution in [0.5, 0.6) is 0 Å². The molecule has 25 heavy (non-hydrogen) atoms. The lowest BCUT2D eigenvalue weighted by Crippen LogP contribution is -2.32. The summed E-state index contributed by atoms with van der Waals surface area (Å²) in [6.07, 6.45) is 3.16. The van der Waals surface area contributed by atoms with Crippen molar-refractivity contribution in [2.24, 2.45) is 0 Å². The first-order valence-corrected chi connectivity index (χ1v) is 7.89. The zero-order valence-electron chi connectivity index (χ0n) is 14.2. The van der Waals surface area contributed by atoms with E-state index >= 15 is 0 Å². The van der Waals surface area contributed by atoms with Gasteiger partial charge in [-0.25, -0.2) is 0 Å². The van der Waals surface area contributed by atoms with E-state index < -0.39 is 10.8 Å². The number of nitrogens with one attached hydrogen (secondary N) is 1. The van der Waals surface area contributed by atoms with Crippen molar-refractivity contribution in [3.05, 3.63) is 39.4 Å². The second-order valence-electron chi connectivity index (χ2n) is 5.91. The number of nitro benzene ring substituents is 1. The number of benzene rings is 1. The Labute approximate surface area is 145 Å². The minimum Gasteiger partial charge on any atom is -0.376 e. The van der Waals surface area contributed by atoms with Gasteiger partial charge in [-0.3, -0.25) is 14.9 Å². The monoisotopic (exact) mass is 344 g/mol. The quantitative estimate of drug-likeness (QED) is 0.365. The van der Waals surface area contributed by atoms with Gasteiger partial charge in [-0.1, -0.05) is 6.07 Å². The van der Waals surface area contributed by atoms with Crippen molar-refractivity contribution in [3.8, 4) is 6.07 Å². The van der Waals surface area contributed by atoms with Crippen molar-refractivity contribution in [1.29, 1.82) is 5.26 Å². The maximum Gasteiger partial charge on any atom is 0.293 e. The van der Waals surface area contributed by atoms with Gasteiger partial charge in [-0.2, -0.15) is 5.26 Å². The Morgan fingerprint density at radius 2 is 2.32 bits per heavy atom. The third-order valence-corrected chi connectivity index (χ3v) is 3.87. The summed E-state index contributed by atoms with van der Waals surface area (Å²) in [4.78, 5) is 24.5. The molecular weight excluding hydrogens is 324 g/mol. The van der Waals surface area contributed by atoms with Gasteiger partial charge in [-0.05, 0) is 30.5 Å². The van der Waals surface area contributed by atoms with Crippen molar-refractivity contribution in [2.45, 2.75) is 18.9 Å². The number of amides is 1. The maximum absolute atomic E-state index is 12.1. The smallest absolute Gasteiger partial charge is 0.293 e. The van der Waals surface area contributed by atoms with Gasteiger partial charge in [0.05, 0.1) is 11.0 Å². The van der Waals surface area contributed by atoms with E-state index in [0.29, 0.717) is 24.4 Å². The van der Waals surface area contributed by atoms with Crippen LogP contribution in [0, 0.1) is 21.4 Å². The number of hydrogen-bond donors (Lipinski definition) is 1. The van der Waals surface area contributed by atoms with Gasteiger partial charge in [-0.15, -0.1) is 0 Å². The average Bonchev–Trinajstić information content (AvgIpc) is 3.10. The number of nitro groups is 1. The molecule has 8 heteroatoms. The lowest BCUT2D eigenvalue weighted by atomic mass is 10.1. The molecule has 8 nitrogen and oxygen atoms in total. The summed E-state index contributed by atoms with van der Waals surface area (Å²) < 4.78 is 5.42. The molecule has 1 N–H and O–H groups in total. The maximum atomic E-state index is 12.1. The number of nitriles is 1. The minimum absolute atomic E-state index is 0.0237. The SMILES string of the molecule is CN(C)c1ccc(/C=C(\C#N)C(=O)NC[C@@H]2CCCO2)cc1[N+](=O)[O-]. The fourth-order valence-corrected chi connectivity index (χ4v) is 2.58. The van der Waals surface area contributed by atoms with Crippen molar-refractivity contribution >= 4 is 23.4 Å². The molecule has 0 unspecified atom stereocenters. The van der Waals surface area contributed by atoms with Gasteiger partial charge in [0.2, 0.25) is 0 Å². The second-order valence-corrected chi connectivity index (χ2v) is 5.91. The van der Waals surface area contributed by atoms with E-state index in [9.17, 15) is 20.2 Å². The lowest BCUT2D eigenvalue weighted by molar-refractivity contribution is -0.384. The summed E-state index contributed by atoms with van der Waals surface area (Å²) in [7, 11) is 3.41. The molecule has 1 atom stereocenters. The molecule has 1 saturated heterocycles. The molecule has 2 rings (SSSR count). The number of nitrogens with zero attached hydrogens (tertiary/aromatic N) is 3. The van der Waals surface area contributed by atoms with E-state index in [-0.39, 0.29) is 17.4 Å². The third kappa shape index (κ3) is 4.78. The van der Waals surface area contributed by atoms with Crippen LogP contribution in [-0.2, 0) is 9.53 Å². The predicted octanol–water partition coefficient (Wildman–Crippen LogP) is 1.86. The molecule has 0 aliphatic carbocycles. The normalized spacial score (nSPS) is 17.0.